The van der Waals surface area contributed by atoms with Gasteiger partial charge in [-0.25, -0.2) is 0 Å². The summed E-state index contributed by atoms with van der Waals surface area (Å²) in [5.74, 6) is 0.708. The van der Waals surface area contributed by atoms with Crippen molar-refractivity contribution >= 4 is 23.3 Å². The van der Waals surface area contributed by atoms with Gasteiger partial charge in [0.05, 0.1) is 0 Å². The minimum atomic E-state index is -0.305. The van der Waals surface area contributed by atoms with Crippen LogP contribution in [0.1, 0.15) is 22.5 Å². The van der Waals surface area contributed by atoms with Crippen LogP contribution in [0.4, 0.5) is 11.5 Å². The number of carbonyl (C=O) groups excluding carboxylic acids is 2. The maximum atomic E-state index is 12.3. The third-order valence-corrected chi connectivity index (χ3v) is 5.31. The summed E-state index contributed by atoms with van der Waals surface area (Å²) in [6.45, 7) is 2.12. The molecule has 4 rings (SSSR count). The summed E-state index contributed by atoms with van der Waals surface area (Å²) in [4.78, 5) is 26.5. The van der Waals surface area contributed by atoms with Gasteiger partial charge in [-0.1, -0.05) is 48.5 Å². The van der Waals surface area contributed by atoms with E-state index in [-0.39, 0.29) is 23.4 Å². The Labute approximate surface area is 181 Å². The molecule has 0 bridgehead atoms. The number of nitrogens with one attached hydrogen (secondary N) is 2. The van der Waals surface area contributed by atoms with Gasteiger partial charge in [0.1, 0.15) is 5.82 Å². The van der Waals surface area contributed by atoms with Crippen LogP contribution in [-0.2, 0) is 11.2 Å². The summed E-state index contributed by atoms with van der Waals surface area (Å²) < 4.78 is 0. The average Bonchev–Trinajstić information content (AvgIpc) is 3.17. The maximum Gasteiger partial charge on any atom is 0.276 e. The summed E-state index contributed by atoms with van der Waals surface area (Å²) in [7, 11) is 0. The van der Waals surface area contributed by atoms with Crippen molar-refractivity contribution in [2.45, 2.75) is 12.8 Å². The van der Waals surface area contributed by atoms with Crippen LogP contribution in [0.5, 0.6) is 0 Å². The number of anilines is 2. The second kappa shape index (κ2) is 9.84. The molecule has 0 saturated carbocycles. The van der Waals surface area contributed by atoms with Crippen molar-refractivity contribution in [1.29, 1.82) is 0 Å². The SMILES string of the molecule is O=C(Nc1ccccc1)c1ccc(NC[C@H]2CC(=O)N(CCc3ccccc3)C2)nn1. The Morgan fingerprint density at radius 1 is 0.968 bits per heavy atom. The lowest BCUT2D eigenvalue weighted by atomic mass is 10.1. The van der Waals surface area contributed by atoms with Crippen molar-refractivity contribution in [2.75, 3.05) is 30.3 Å². The lowest BCUT2D eigenvalue weighted by molar-refractivity contribution is -0.127. The second-order valence-corrected chi connectivity index (χ2v) is 7.65. The van der Waals surface area contributed by atoms with Crippen molar-refractivity contribution in [3.63, 3.8) is 0 Å². The third-order valence-electron chi connectivity index (χ3n) is 5.31. The minimum Gasteiger partial charge on any atom is -0.368 e. The maximum absolute atomic E-state index is 12.3. The van der Waals surface area contributed by atoms with Crippen LogP contribution in [0.2, 0.25) is 0 Å². The van der Waals surface area contributed by atoms with E-state index in [1.165, 1.54) is 5.56 Å². The van der Waals surface area contributed by atoms with Crippen LogP contribution < -0.4 is 10.6 Å². The number of rotatable bonds is 8. The molecule has 3 aromatic rings. The average molecular weight is 415 g/mol. The first-order valence-electron chi connectivity index (χ1n) is 10.4. The van der Waals surface area contributed by atoms with Gasteiger partial charge in [0, 0.05) is 37.7 Å². The number of amides is 2. The van der Waals surface area contributed by atoms with Crippen LogP contribution in [0, 0.1) is 5.92 Å². The summed E-state index contributed by atoms with van der Waals surface area (Å²) in [5.41, 5.74) is 2.19. The zero-order valence-electron chi connectivity index (χ0n) is 17.2. The minimum absolute atomic E-state index is 0.196. The normalized spacial score (nSPS) is 15.7. The predicted molar refractivity (Wildman–Crippen MR) is 120 cm³/mol. The Morgan fingerprint density at radius 2 is 1.71 bits per heavy atom. The van der Waals surface area contributed by atoms with Gasteiger partial charge in [-0.05, 0) is 36.2 Å². The highest BCUT2D eigenvalue weighted by molar-refractivity contribution is 6.02. The van der Waals surface area contributed by atoms with Crippen LogP contribution in [0.3, 0.4) is 0 Å². The van der Waals surface area contributed by atoms with Crippen LogP contribution in [0.15, 0.2) is 72.8 Å². The highest BCUT2D eigenvalue weighted by atomic mass is 16.2. The number of hydrogen-bond acceptors (Lipinski definition) is 5. The Bertz CT molecular complexity index is 1010. The molecule has 158 valence electrons. The van der Waals surface area contributed by atoms with E-state index in [4.69, 9.17) is 0 Å². The standard InChI is InChI=1S/C24H25N5O2/c30-23-15-19(17-29(23)14-13-18-7-3-1-4-8-18)16-25-22-12-11-21(27-28-22)24(31)26-20-9-5-2-6-10-20/h1-12,19H,13-17H2,(H,25,28)(H,26,31)/t19-/m1/s1. The van der Waals surface area contributed by atoms with E-state index in [0.717, 1.165) is 19.5 Å². The molecule has 2 amide bonds. The molecule has 1 aliphatic heterocycles. The fourth-order valence-electron chi connectivity index (χ4n) is 3.63. The first kappa shape index (κ1) is 20.5. The molecule has 1 atom stereocenters. The summed E-state index contributed by atoms with van der Waals surface area (Å²) >= 11 is 0. The molecule has 1 aliphatic rings. The number of hydrogen-bond donors (Lipinski definition) is 2. The number of benzene rings is 2. The number of para-hydroxylation sites is 1. The van der Waals surface area contributed by atoms with Gasteiger partial charge in [0.25, 0.3) is 5.91 Å². The predicted octanol–water partition coefficient (Wildman–Crippen LogP) is 3.23. The first-order valence-corrected chi connectivity index (χ1v) is 10.4. The zero-order valence-corrected chi connectivity index (χ0v) is 17.2. The monoisotopic (exact) mass is 415 g/mol. The molecule has 1 saturated heterocycles. The Hall–Kier alpha value is -3.74. The van der Waals surface area contributed by atoms with E-state index >= 15 is 0 Å². The van der Waals surface area contributed by atoms with Crippen LogP contribution in [-0.4, -0.2) is 46.5 Å². The number of aromatic nitrogens is 2. The van der Waals surface area contributed by atoms with E-state index < -0.39 is 0 Å². The largest absolute Gasteiger partial charge is 0.368 e. The molecule has 0 unspecified atom stereocenters. The molecule has 1 fully saturated rings. The van der Waals surface area contributed by atoms with Crippen molar-refractivity contribution in [1.82, 2.24) is 15.1 Å². The molecule has 0 radical (unpaired) electrons. The van der Waals surface area contributed by atoms with Crippen molar-refractivity contribution in [3.05, 3.63) is 84.1 Å². The van der Waals surface area contributed by atoms with E-state index in [1.54, 1.807) is 12.1 Å². The molecule has 1 aromatic heterocycles. The topological polar surface area (TPSA) is 87.2 Å². The molecule has 2 N–H and O–H groups in total. The van der Waals surface area contributed by atoms with Gasteiger partial charge < -0.3 is 15.5 Å². The third kappa shape index (κ3) is 5.66. The van der Waals surface area contributed by atoms with Gasteiger partial charge in [0.15, 0.2) is 5.69 Å². The highest BCUT2D eigenvalue weighted by Crippen LogP contribution is 2.19. The fraction of sp³-hybridized carbons (Fsp3) is 0.250. The van der Waals surface area contributed by atoms with Gasteiger partial charge in [-0.3, -0.25) is 9.59 Å². The second-order valence-electron chi connectivity index (χ2n) is 7.65. The number of nitrogens with zero attached hydrogens (tertiary/aromatic N) is 3. The molecular formula is C24H25N5O2. The zero-order chi connectivity index (χ0) is 21.5. The van der Waals surface area contributed by atoms with Crippen molar-refractivity contribution in [2.24, 2.45) is 5.92 Å². The summed E-state index contributed by atoms with van der Waals surface area (Å²) in [6, 6.07) is 22.8. The highest BCUT2D eigenvalue weighted by Gasteiger charge is 2.29. The van der Waals surface area contributed by atoms with Gasteiger partial charge >= 0.3 is 0 Å². The summed E-state index contributed by atoms with van der Waals surface area (Å²) in [6.07, 6.45) is 1.40. The molecule has 0 aliphatic carbocycles. The van der Waals surface area contributed by atoms with Crippen LogP contribution in [0.25, 0.3) is 0 Å². The molecule has 7 nitrogen and oxygen atoms in total. The van der Waals surface area contributed by atoms with Crippen molar-refractivity contribution < 1.29 is 9.59 Å². The van der Waals surface area contributed by atoms with E-state index in [1.807, 2.05) is 53.4 Å². The lowest BCUT2D eigenvalue weighted by Crippen LogP contribution is -2.28. The fourth-order valence-corrected chi connectivity index (χ4v) is 3.63. The molecule has 31 heavy (non-hydrogen) atoms. The van der Waals surface area contributed by atoms with Gasteiger partial charge in [0.2, 0.25) is 5.91 Å². The number of likely N-dealkylation sites (tertiary alicyclic amines) is 1. The molecule has 2 heterocycles. The summed E-state index contributed by atoms with van der Waals surface area (Å²) in [5, 5.41) is 14.1. The first-order chi connectivity index (χ1) is 15.2. The smallest absolute Gasteiger partial charge is 0.276 e. The van der Waals surface area contributed by atoms with E-state index in [9.17, 15) is 9.59 Å². The molecular weight excluding hydrogens is 390 g/mol. The van der Waals surface area contributed by atoms with Crippen molar-refractivity contribution in [3.8, 4) is 0 Å². The lowest BCUT2D eigenvalue weighted by Gasteiger charge is -2.17. The van der Waals surface area contributed by atoms with Crippen LogP contribution >= 0.6 is 0 Å². The van der Waals surface area contributed by atoms with Gasteiger partial charge in [-0.2, -0.15) is 0 Å². The Kier molecular flexibility index (Phi) is 6.52. The van der Waals surface area contributed by atoms with Gasteiger partial charge in [-0.15, -0.1) is 10.2 Å². The van der Waals surface area contributed by atoms with E-state index in [2.05, 4.69) is 33.0 Å². The molecule has 0 spiro atoms. The Balaban J connectivity index is 1.24. The number of carbonyl (C=O) groups is 2. The molecule has 2 aromatic carbocycles. The Morgan fingerprint density at radius 3 is 2.42 bits per heavy atom. The van der Waals surface area contributed by atoms with E-state index in [0.29, 0.717) is 24.5 Å². The molecule has 7 heteroatoms. The quantitative estimate of drug-likeness (QED) is 0.590.